The van der Waals surface area contributed by atoms with E-state index in [0.29, 0.717) is 29.9 Å². The second kappa shape index (κ2) is 11.1. The van der Waals surface area contributed by atoms with E-state index in [-0.39, 0.29) is 24.0 Å². The molecule has 152 valence electrons. The van der Waals surface area contributed by atoms with Crippen molar-refractivity contribution in [2.75, 3.05) is 6.54 Å². The van der Waals surface area contributed by atoms with Gasteiger partial charge in [0.15, 0.2) is 11.8 Å². The first-order valence-corrected chi connectivity index (χ1v) is 10.4. The summed E-state index contributed by atoms with van der Waals surface area (Å²) in [4.78, 5) is 6.59. The number of rotatable bonds is 7. The van der Waals surface area contributed by atoms with Crippen LogP contribution in [0.5, 0.6) is 0 Å². The molecule has 0 aliphatic rings. The van der Waals surface area contributed by atoms with Crippen molar-refractivity contribution in [3.05, 3.63) is 55.4 Å². The number of guanidine groups is 1. The van der Waals surface area contributed by atoms with Crippen LogP contribution in [0.1, 0.15) is 27.5 Å². The Morgan fingerprint density at radius 3 is 2.75 bits per heavy atom. The number of aliphatic imine (C=N–C) groups is 1. The van der Waals surface area contributed by atoms with Crippen molar-refractivity contribution in [2.24, 2.45) is 12.0 Å². The molecule has 1 atom stereocenters. The Hall–Kier alpha value is -1.21. The van der Waals surface area contributed by atoms with Gasteiger partial charge in [-0.15, -0.1) is 56.8 Å². The fourth-order valence-corrected chi connectivity index (χ4v) is 3.99. The predicted octanol–water partition coefficient (Wildman–Crippen LogP) is 3.49. The highest BCUT2D eigenvalue weighted by Crippen LogP contribution is 2.26. The average molecular weight is 553 g/mol. The van der Waals surface area contributed by atoms with Crippen LogP contribution in [0.3, 0.4) is 0 Å². The number of hydrogen-bond donors (Lipinski definition) is 3. The predicted molar refractivity (Wildman–Crippen MR) is 126 cm³/mol. The van der Waals surface area contributed by atoms with Gasteiger partial charge in [0, 0.05) is 23.3 Å². The maximum Gasteiger partial charge on any atom is 0.192 e. The summed E-state index contributed by atoms with van der Waals surface area (Å²) in [6.45, 7) is 3.27. The van der Waals surface area contributed by atoms with Crippen LogP contribution in [0, 0.1) is 6.92 Å². The highest BCUT2D eigenvalue weighted by molar-refractivity contribution is 14.0. The summed E-state index contributed by atoms with van der Waals surface area (Å²) in [7, 11) is 1.91. The van der Waals surface area contributed by atoms with Crippen LogP contribution in [0.15, 0.2) is 34.6 Å². The molecule has 0 radical (unpaired) electrons. The summed E-state index contributed by atoms with van der Waals surface area (Å²) in [6, 6.07) is 7.69. The molecular formula is C17H22ClIN6OS2. The van der Waals surface area contributed by atoms with E-state index >= 15 is 0 Å². The standard InChI is InChI=1S/C17H21ClN6OS2.HI/c1-11-22-23-16(24(11)2)10-21-17(19-8-12-4-3-7-26-12)20-9-13(25)14-5-6-15(18)27-14;/h3-7,13,25H,8-10H2,1-2H3,(H2,19,20,21);1H. The van der Waals surface area contributed by atoms with Crippen LogP contribution in [0.2, 0.25) is 4.34 Å². The SMILES string of the molecule is Cc1nnc(CN=C(NCc2cccs2)NCC(O)c2ccc(Cl)s2)n1C.I. The monoisotopic (exact) mass is 552 g/mol. The van der Waals surface area contributed by atoms with Gasteiger partial charge in [-0.25, -0.2) is 4.99 Å². The minimum absolute atomic E-state index is 0. The quantitative estimate of drug-likeness (QED) is 0.237. The van der Waals surface area contributed by atoms with E-state index in [1.54, 1.807) is 17.4 Å². The zero-order valence-electron chi connectivity index (χ0n) is 15.4. The van der Waals surface area contributed by atoms with Crippen LogP contribution in [0.25, 0.3) is 0 Å². The lowest BCUT2D eigenvalue weighted by atomic mass is 10.3. The van der Waals surface area contributed by atoms with Crippen LogP contribution >= 0.6 is 58.3 Å². The van der Waals surface area contributed by atoms with Crippen molar-refractivity contribution in [3.63, 3.8) is 0 Å². The van der Waals surface area contributed by atoms with Gasteiger partial charge in [-0.2, -0.15) is 0 Å². The van der Waals surface area contributed by atoms with E-state index in [1.807, 2.05) is 36.1 Å². The van der Waals surface area contributed by atoms with E-state index in [1.165, 1.54) is 16.2 Å². The molecule has 1 unspecified atom stereocenters. The number of aliphatic hydroxyl groups excluding tert-OH is 1. The number of aliphatic hydroxyl groups is 1. The molecule has 0 saturated heterocycles. The van der Waals surface area contributed by atoms with Crippen molar-refractivity contribution < 1.29 is 5.11 Å². The van der Waals surface area contributed by atoms with E-state index in [0.717, 1.165) is 16.5 Å². The Bertz CT molecular complexity index is 895. The molecule has 3 N–H and O–H groups in total. The van der Waals surface area contributed by atoms with Crippen LogP contribution in [-0.2, 0) is 20.1 Å². The molecular weight excluding hydrogens is 531 g/mol. The number of hydrogen-bond acceptors (Lipinski definition) is 6. The lowest BCUT2D eigenvalue weighted by Gasteiger charge is -2.15. The zero-order chi connectivity index (χ0) is 19.2. The molecule has 0 aliphatic carbocycles. The van der Waals surface area contributed by atoms with Crippen molar-refractivity contribution in [1.82, 2.24) is 25.4 Å². The topological polar surface area (TPSA) is 87.4 Å². The fourth-order valence-electron chi connectivity index (χ4n) is 2.30. The summed E-state index contributed by atoms with van der Waals surface area (Å²) >= 11 is 8.99. The van der Waals surface area contributed by atoms with Crippen molar-refractivity contribution in [2.45, 2.75) is 26.1 Å². The Balaban J connectivity index is 0.00000280. The first-order valence-electron chi connectivity index (χ1n) is 8.35. The number of halogens is 2. The van der Waals surface area contributed by atoms with Crippen LogP contribution in [-0.4, -0.2) is 32.4 Å². The molecule has 11 heteroatoms. The van der Waals surface area contributed by atoms with Gasteiger partial charge >= 0.3 is 0 Å². The van der Waals surface area contributed by atoms with Gasteiger partial charge in [-0.05, 0) is 30.5 Å². The fraction of sp³-hybridized carbons (Fsp3) is 0.353. The van der Waals surface area contributed by atoms with E-state index < -0.39 is 6.10 Å². The van der Waals surface area contributed by atoms with Gasteiger partial charge in [0.25, 0.3) is 0 Å². The van der Waals surface area contributed by atoms with Crippen molar-refractivity contribution in [1.29, 1.82) is 0 Å². The van der Waals surface area contributed by atoms with Gasteiger partial charge in [-0.1, -0.05) is 17.7 Å². The molecule has 0 bridgehead atoms. The number of thiophene rings is 2. The Morgan fingerprint density at radius 2 is 2.14 bits per heavy atom. The first-order chi connectivity index (χ1) is 13.0. The third-order valence-electron chi connectivity index (χ3n) is 3.96. The highest BCUT2D eigenvalue weighted by atomic mass is 127. The second-order valence-electron chi connectivity index (χ2n) is 5.86. The summed E-state index contributed by atoms with van der Waals surface area (Å²) in [5, 5.41) is 27.0. The summed E-state index contributed by atoms with van der Waals surface area (Å²) in [5.74, 6) is 2.22. The second-order valence-corrected chi connectivity index (χ2v) is 8.64. The minimum atomic E-state index is -0.659. The molecule has 0 amide bonds. The van der Waals surface area contributed by atoms with Crippen LogP contribution in [0.4, 0.5) is 0 Å². The number of nitrogens with one attached hydrogen (secondary N) is 2. The van der Waals surface area contributed by atoms with Crippen molar-refractivity contribution >= 4 is 64.2 Å². The molecule has 7 nitrogen and oxygen atoms in total. The molecule has 28 heavy (non-hydrogen) atoms. The molecule has 0 aromatic carbocycles. The summed E-state index contributed by atoms with van der Waals surface area (Å²) in [6.07, 6.45) is -0.659. The smallest absolute Gasteiger partial charge is 0.192 e. The van der Waals surface area contributed by atoms with E-state index in [4.69, 9.17) is 11.6 Å². The molecule has 0 fully saturated rings. The van der Waals surface area contributed by atoms with Gasteiger partial charge < -0.3 is 20.3 Å². The molecule has 3 aromatic heterocycles. The van der Waals surface area contributed by atoms with Crippen molar-refractivity contribution in [3.8, 4) is 0 Å². The molecule has 3 aromatic rings. The Kier molecular flexibility index (Phi) is 9.15. The van der Waals surface area contributed by atoms with Crippen LogP contribution < -0.4 is 10.6 Å². The summed E-state index contributed by atoms with van der Waals surface area (Å²) < 4.78 is 2.56. The zero-order valence-corrected chi connectivity index (χ0v) is 20.1. The third kappa shape index (κ3) is 6.41. The van der Waals surface area contributed by atoms with E-state index in [9.17, 15) is 5.11 Å². The van der Waals surface area contributed by atoms with Gasteiger partial charge in [0.05, 0.1) is 10.9 Å². The van der Waals surface area contributed by atoms with Gasteiger partial charge in [0.1, 0.15) is 18.5 Å². The number of aromatic nitrogens is 3. The lowest BCUT2D eigenvalue weighted by molar-refractivity contribution is 0.184. The molecule has 0 aliphatic heterocycles. The number of nitrogens with zero attached hydrogens (tertiary/aromatic N) is 4. The van der Waals surface area contributed by atoms with Gasteiger partial charge in [-0.3, -0.25) is 0 Å². The Morgan fingerprint density at radius 1 is 1.32 bits per heavy atom. The normalized spacial score (nSPS) is 12.5. The summed E-state index contributed by atoms with van der Waals surface area (Å²) in [5.41, 5.74) is 0. The first kappa shape index (κ1) is 23.1. The van der Waals surface area contributed by atoms with Gasteiger partial charge in [0.2, 0.25) is 0 Å². The molecule has 3 rings (SSSR count). The number of aryl methyl sites for hydroxylation is 1. The molecule has 0 spiro atoms. The maximum atomic E-state index is 10.3. The largest absolute Gasteiger partial charge is 0.386 e. The highest BCUT2D eigenvalue weighted by Gasteiger charge is 2.12. The average Bonchev–Trinajstić information content (AvgIpc) is 3.39. The molecule has 0 saturated carbocycles. The maximum absolute atomic E-state index is 10.3. The third-order valence-corrected chi connectivity index (χ3v) is 6.17. The Labute approximate surface area is 193 Å². The minimum Gasteiger partial charge on any atom is -0.386 e. The lowest BCUT2D eigenvalue weighted by Crippen LogP contribution is -2.39. The molecule has 3 heterocycles. The van der Waals surface area contributed by atoms with E-state index in [2.05, 4.69) is 31.9 Å².